The van der Waals surface area contributed by atoms with E-state index in [1.165, 1.54) is 19.2 Å². The van der Waals surface area contributed by atoms with Crippen LogP contribution in [0.5, 0.6) is 11.5 Å². The standard InChI is InChI=1S/C22H21BrN2O6/c1-5-12(2)30-20-16(23)9-14(11-19(20)29-4)10-17-22(26)31-21(24-17)15-7-6-8-18(13(15)3)25(27)28/h6-12H,5H2,1-4H3/b17-10-. The Labute approximate surface area is 187 Å². The summed E-state index contributed by atoms with van der Waals surface area (Å²) in [6.07, 6.45) is 2.40. The number of ether oxygens (including phenoxy) is 3. The highest BCUT2D eigenvalue weighted by Crippen LogP contribution is 2.38. The first-order valence-corrected chi connectivity index (χ1v) is 10.4. The normalized spacial score (nSPS) is 15.5. The maximum Gasteiger partial charge on any atom is 0.363 e. The van der Waals surface area contributed by atoms with Gasteiger partial charge in [0.25, 0.3) is 5.69 Å². The molecule has 1 aliphatic rings. The van der Waals surface area contributed by atoms with Gasteiger partial charge in [-0.15, -0.1) is 0 Å². The van der Waals surface area contributed by atoms with Gasteiger partial charge in [0.2, 0.25) is 5.90 Å². The number of methoxy groups -OCH3 is 1. The van der Waals surface area contributed by atoms with Crippen LogP contribution in [0.2, 0.25) is 0 Å². The number of cyclic esters (lactones) is 1. The molecule has 9 heteroatoms. The largest absolute Gasteiger partial charge is 0.493 e. The van der Waals surface area contributed by atoms with Crippen molar-refractivity contribution in [2.24, 2.45) is 4.99 Å². The van der Waals surface area contributed by atoms with E-state index in [4.69, 9.17) is 14.2 Å². The van der Waals surface area contributed by atoms with Gasteiger partial charge in [0.15, 0.2) is 17.2 Å². The molecule has 0 fully saturated rings. The summed E-state index contributed by atoms with van der Waals surface area (Å²) in [5.41, 5.74) is 1.41. The van der Waals surface area contributed by atoms with Crippen molar-refractivity contribution < 1.29 is 23.9 Å². The fourth-order valence-electron chi connectivity index (χ4n) is 2.96. The molecule has 1 unspecified atom stereocenters. The van der Waals surface area contributed by atoms with Crippen LogP contribution in [0.3, 0.4) is 0 Å². The second-order valence-electron chi connectivity index (χ2n) is 6.91. The molecule has 31 heavy (non-hydrogen) atoms. The van der Waals surface area contributed by atoms with Gasteiger partial charge in [-0.25, -0.2) is 9.79 Å². The molecule has 1 heterocycles. The molecule has 0 aromatic heterocycles. The summed E-state index contributed by atoms with van der Waals surface area (Å²) in [5, 5.41) is 11.2. The molecular formula is C22H21BrN2O6. The SMILES string of the molecule is CCC(C)Oc1c(Br)cc(/C=C2\N=C(c3cccc([N+](=O)[O-])c3C)OC2=O)cc1OC. The van der Waals surface area contributed by atoms with Gasteiger partial charge in [-0.2, -0.15) is 0 Å². The van der Waals surface area contributed by atoms with E-state index in [1.807, 2.05) is 13.8 Å². The fraction of sp³-hybridized carbons (Fsp3) is 0.273. The Morgan fingerprint density at radius 3 is 2.74 bits per heavy atom. The van der Waals surface area contributed by atoms with Gasteiger partial charge in [-0.05, 0) is 66.0 Å². The predicted octanol–water partition coefficient (Wildman–Crippen LogP) is 5.20. The quantitative estimate of drug-likeness (QED) is 0.230. The van der Waals surface area contributed by atoms with Gasteiger partial charge < -0.3 is 14.2 Å². The number of nitro groups is 1. The molecule has 0 radical (unpaired) electrons. The Morgan fingerprint density at radius 1 is 1.35 bits per heavy atom. The lowest BCUT2D eigenvalue weighted by Gasteiger charge is -2.17. The van der Waals surface area contributed by atoms with Crippen LogP contribution >= 0.6 is 15.9 Å². The van der Waals surface area contributed by atoms with Crippen molar-refractivity contribution in [1.29, 1.82) is 0 Å². The number of carbonyl (C=O) groups is 1. The van der Waals surface area contributed by atoms with E-state index in [-0.39, 0.29) is 23.4 Å². The van der Waals surface area contributed by atoms with Crippen molar-refractivity contribution >= 4 is 39.6 Å². The summed E-state index contributed by atoms with van der Waals surface area (Å²) in [6.45, 7) is 5.57. The number of aliphatic imine (C=N–C) groups is 1. The van der Waals surface area contributed by atoms with Crippen LogP contribution in [0.25, 0.3) is 6.08 Å². The topological polar surface area (TPSA) is 100 Å². The minimum atomic E-state index is -0.643. The molecule has 0 N–H and O–H groups in total. The van der Waals surface area contributed by atoms with Gasteiger partial charge in [0.05, 0.1) is 22.6 Å². The molecule has 0 aliphatic carbocycles. The number of esters is 1. The minimum Gasteiger partial charge on any atom is -0.493 e. The van der Waals surface area contributed by atoms with Crippen molar-refractivity contribution in [2.75, 3.05) is 7.11 Å². The molecule has 2 aromatic carbocycles. The van der Waals surface area contributed by atoms with Crippen LogP contribution in [-0.2, 0) is 9.53 Å². The highest BCUT2D eigenvalue weighted by molar-refractivity contribution is 9.10. The number of nitrogens with zero attached hydrogens (tertiary/aromatic N) is 2. The highest BCUT2D eigenvalue weighted by Gasteiger charge is 2.27. The maximum absolute atomic E-state index is 12.4. The van der Waals surface area contributed by atoms with Crippen LogP contribution in [0.1, 0.15) is 37.0 Å². The third kappa shape index (κ3) is 4.77. The van der Waals surface area contributed by atoms with E-state index in [1.54, 1.807) is 31.2 Å². The summed E-state index contributed by atoms with van der Waals surface area (Å²) < 4.78 is 17.3. The summed E-state index contributed by atoms with van der Waals surface area (Å²) in [4.78, 5) is 27.3. The van der Waals surface area contributed by atoms with E-state index in [9.17, 15) is 14.9 Å². The molecule has 162 valence electrons. The molecule has 1 aliphatic heterocycles. The predicted molar refractivity (Wildman–Crippen MR) is 120 cm³/mol. The summed E-state index contributed by atoms with van der Waals surface area (Å²) >= 11 is 3.49. The van der Waals surface area contributed by atoms with Crippen LogP contribution in [0.4, 0.5) is 5.69 Å². The third-order valence-corrected chi connectivity index (χ3v) is 5.39. The van der Waals surface area contributed by atoms with E-state index in [2.05, 4.69) is 20.9 Å². The van der Waals surface area contributed by atoms with Crippen molar-refractivity contribution in [3.05, 3.63) is 67.3 Å². The molecule has 0 spiro atoms. The molecule has 0 bridgehead atoms. The first kappa shape index (κ1) is 22.5. The molecule has 2 aromatic rings. The van der Waals surface area contributed by atoms with Gasteiger partial charge in [-0.3, -0.25) is 10.1 Å². The van der Waals surface area contributed by atoms with Crippen molar-refractivity contribution in [3.63, 3.8) is 0 Å². The summed E-state index contributed by atoms with van der Waals surface area (Å²) in [6, 6.07) is 8.05. The van der Waals surface area contributed by atoms with Gasteiger partial charge in [0.1, 0.15) is 0 Å². The van der Waals surface area contributed by atoms with E-state index in [0.717, 1.165) is 6.42 Å². The van der Waals surface area contributed by atoms with E-state index >= 15 is 0 Å². The second kappa shape index (κ2) is 9.30. The van der Waals surface area contributed by atoms with Crippen LogP contribution in [0.15, 0.2) is 45.5 Å². The van der Waals surface area contributed by atoms with E-state index in [0.29, 0.717) is 32.7 Å². The van der Waals surface area contributed by atoms with Crippen LogP contribution < -0.4 is 9.47 Å². The first-order chi connectivity index (χ1) is 14.7. The zero-order valence-electron chi connectivity index (χ0n) is 17.5. The lowest BCUT2D eigenvalue weighted by Crippen LogP contribution is -2.11. The second-order valence-corrected chi connectivity index (χ2v) is 7.77. The highest BCUT2D eigenvalue weighted by atomic mass is 79.9. The Kier molecular flexibility index (Phi) is 6.74. The van der Waals surface area contributed by atoms with E-state index < -0.39 is 10.9 Å². The molecular weight excluding hydrogens is 468 g/mol. The van der Waals surface area contributed by atoms with Gasteiger partial charge in [-0.1, -0.05) is 13.0 Å². The number of nitro benzene ring substituents is 1. The smallest absolute Gasteiger partial charge is 0.363 e. The number of hydrogen-bond donors (Lipinski definition) is 0. The molecule has 0 saturated heterocycles. The minimum absolute atomic E-state index is 0.00421. The van der Waals surface area contributed by atoms with Gasteiger partial charge >= 0.3 is 5.97 Å². The summed E-state index contributed by atoms with van der Waals surface area (Å²) in [7, 11) is 1.54. The molecule has 8 nitrogen and oxygen atoms in total. The third-order valence-electron chi connectivity index (χ3n) is 4.80. The molecule has 0 saturated carbocycles. The number of hydrogen-bond acceptors (Lipinski definition) is 7. The Hall–Kier alpha value is -3.20. The average molecular weight is 489 g/mol. The number of rotatable bonds is 7. The average Bonchev–Trinajstić information content (AvgIpc) is 3.09. The first-order valence-electron chi connectivity index (χ1n) is 9.56. The van der Waals surface area contributed by atoms with Crippen molar-refractivity contribution in [3.8, 4) is 11.5 Å². The monoisotopic (exact) mass is 488 g/mol. The zero-order valence-corrected chi connectivity index (χ0v) is 19.1. The number of carbonyl (C=O) groups excluding carboxylic acids is 1. The van der Waals surface area contributed by atoms with Crippen LogP contribution in [0, 0.1) is 17.0 Å². The van der Waals surface area contributed by atoms with Crippen LogP contribution in [-0.4, -0.2) is 30.0 Å². The lowest BCUT2D eigenvalue weighted by molar-refractivity contribution is -0.385. The molecule has 0 amide bonds. The fourth-order valence-corrected chi connectivity index (χ4v) is 3.51. The van der Waals surface area contributed by atoms with Gasteiger partial charge in [0, 0.05) is 17.2 Å². The Morgan fingerprint density at radius 2 is 2.10 bits per heavy atom. The van der Waals surface area contributed by atoms with Crippen molar-refractivity contribution in [2.45, 2.75) is 33.3 Å². The molecule has 3 rings (SSSR count). The van der Waals surface area contributed by atoms with Crippen molar-refractivity contribution in [1.82, 2.24) is 0 Å². The Balaban J connectivity index is 1.98. The molecule has 1 atom stereocenters. The number of halogens is 1. The summed E-state index contributed by atoms with van der Waals surface area (Å²) in [5.74, 6) is 0.465. The zero-order chi connectivity index (χ0) is 22.7. The lowest BCUT2D eigenvalue weighted by atomic mass is 10.1. The Bertz CT molecular complexity index is 1110. The maximum atomic E-state index is 12.4. The number of benzene rings is 2.